The van der Waals surface area contributed by atoms with Crippen LogP contribution in [-0.2, 0) is 9.16 Å². The van der Waals surface area contributed by atoms with E-state index >= 15 is 0 Å². The van der Waals surface area contributed by atoms with Crippen molar-refractivity contribution in [3.05, 3.63) is 84.4 Å². The highest BCUT2D eigenvalue weighted by molar-refractivity contribution is 8.17. The predicted molar refractivity (Wildman–Crippen MR) is 156 cm³/mol. The highest BCUT2D eigenvalue weighted by Gasteiger charge is 2.50. The number of ether oxygens (including phenoxy) is 3. The Kier molecular flexibility index (Phi) is 8.67. The van der Waals surface area contributed by atoms with Crippen LogP contribution in [0.4, 0.5) is 0 Å². The van der Waals surface area contributed by atoms with E-state index in [-0.39, 0.29) is 17.1 Å². The van der Waals surface area contributed by atoms with Crippen LogP contribution in [0, 0.1) is 0 Å². The van der Waals surface area contributed by atoms with Crippen molar-refractivity contribution in [2.75, 3.05) is 31.7 Å². The lowest BCUT2D eigenvalue weighted by molar-refractivity contribution is 0.0353. The van der Waals surface area contributed by atoms with E-state index in [0.717, 1.165) is 17.9 Å². The fraction of sp³-hybridized carbons (Fsp3) is 0.367. The Hall–Kier alpha value is -2.74. The summed E-state index contributed by atoms with van der Waals surface area (Å²) in [7, 11) is 0.154. The van der Waals surface area contributed by atoms with Gasteiger partial charge >= 0.3 is 5.97 Å². The van der Waals surface area contributed by atoms with Gasteiger partial charge in [0, 0.05) is 11.8 Å². The topological polar surface area (TPSA) is 54.0 Å². The lowest BCUT2D eigenvalue weighted by Gasteiger charge is -2.43. The maximum Gasteiger partial charge on any atom is 0.342 e. The molecule has 1 aliphatic rings. The van der Waals surface area contributed by atoms with Gasteiger partial charge in [-0.2, -0.15) is 0 Å². The van der Waals surface area contributed by atoms with Crippen LogP contribution in [0.1, 0.15) is 37.6 Å². The van der Waals surface area contributed by atoms with Crippen LogP contribution < -0.4 is 19.8 Å². The first-order chi connectivity index (χ1) is 17.8. The van der Waals surface area contributed by atoms with E-state index < -0.39 is 19.2 Å². The molecule has 5 nitrogen and oxygen atoms in total. The van der Waals surface area contributed by atoms with Crippen molar-refractivity contribution >= 4 is 35.6 Å². The molecular weight excluding hydrogens is 500 g/mol. The van der Waals surface area contributed by atoms with Crippen molar-refractivity contribution in [1.29, 1.82) is 0 Å². The van der Waals surface area contributed by atoms with Crippen LogP contribution >= 0.6 is 10.9 Å². The lowest BCUT2D eigenvalue weighted by Crippen LogP contribution is -2.66. The largest absolute Gasteiger partial charge is 0.497 e. The Balaban J connectivity index is 1.49. The number of hydrogen-bond donors (Lipinski definition) is 1. The molecule has 2 atom stereocenters. The van der Waals surface area contributed by atoms with E-state index in [1.165, 1.54) is 10.4 Å². The Morgan fingerprint density at radius 3 is 2.08 bits per heavy atom. The van der Waals surface area contributed by atoms with Crippen LogP contribution in [0.3, 0.4) is 0 Å². The van der Waals surface area contributed by atoms with Gasteiger partial charge in [-0.05, 0) is 39.7 Å². The number of rotatable bonds is 9. The van der Waals surface area contributed by atoms with Crippen molar-refractivity contribution in [3.8, 4) is 11.5 Å². The second-order valence-corrected chi connectivity index (χ2v) is 17.1. The average molecular weight is 539 g/mol. The lowest BCUT2D eigenvalue weighted by atomic mass is 10.2. The van der Waals surface area contributed by atoms with Crippen LogP contribution in [0.25, 0.3) is 0 Å². The first kappa shape index (κ1) is 27.3. The number of methoxy groups -OCH3 is 2. The standard InChI is InChI=1S/C30H38O5SSi/c1-30(2,3)37(25-12-8-6-9-13-25,26-14-10-7-11-15-26)34-22-36-19-18-24(21-36)35-29(31)27-17-16-23(32-4)20-28(27)33-5/h6-17,20,24,36H,18-19,21-22H2,1-5H3/t24-/m1/s1. The number of benzene rings is 3. The molecule has 0 radical (unpaired) electrons. The first-order valence-corrected chi connectivity index (χ1v) is 16.5. The number of esters is 1. The van der Waals surface area contributed by atoms with E-state index in [2.05, 4.69) is 81.4 Å². The minimum Gasteiger partial charge on any atom is -0.497 e. The van der Waals surface area contributed by atoms with E-state index in [1.54, 1.807) is 32.4 Å². The summed E-state index contributed by atoms with van der Waals surface area (Å²) in [6.45, 7) is 6.90. The molecule has 4 rings (SSSR count). The predicted octanol–water partition coefficient (Wildman–Crippen LogP) is 5.17. The molecule has 3 aromatic rings. The van der Waals surface area contributed by atoms with Gasteiger partial charge < -0.3 is 18.6 Å². The Morgan fingerprint density at radius 2 is 1.54 bits per heavy atom. The van der Waals surface area contributed by atoms with Gasteiger partial charge in [-0.25, -0.2) is 15.7 Å². The van der Waals surface area contributed by atoms with Crippen molar-refractivity contribution in [2.45, 2.75) is 38.3 Å². The van der Waals surface area contributed by atoms with Crippen molar-refractivity contribution in [1.82, 2.24) is 0 Å². The number of carbonyl (C=O) groups excluding carboxylic acids is 1. The maximum absolute atomic E-state index is 12.9. The fourth-order valence-corrected chi connectivity index (χ4v) is 12.7. The summed E-state index contributed by atoms with van der Waals surface area (Å²) in [5, 5.41) is 2.52. The van der Waals surface area contributed by atoms with E-state index in [0.29, 0.717) is 23.0 Å². The highest BCUT2D eigenvalue weighted by Crippen LogP contribution is 2.42. The molecule has 0 bridgehead atoms. The molecule has 0 spiro atoms. The third-order valence-electron chi connectivity index (χ3n) is 7.01. The van der Waals surface area contributed by atoms with Crippen LogP contribution in [0.5, 0.6) is 11.5 Å². The summed E-state index contributed by atoms with van der Waals surface area (Å²) in [5.41, 5.74) is 0.420. The number of hydrogen-bond acceptors (Lipinski definition) is 5. The summed E-state index contributed by atoms with van der Waals surface area (Å²) in [6.07, 6.45) is 0.758. The van der Waals surface area contributed by atoms with E-state index in [9.17, 15) is 4.79 Å². The van der Waals surface area contributed by atoms with Crippen LogP contribution in [0.2, 0.25) is 5.04 Å². The summed E-state index contributed by atoms with van der Waals surface area (Å²) in [6, 6.07) is 26.6. The molecule has 0 aromatic heterocycles. The minimum absolute atomic E-state index is 0.0540. The summed E-state index contributed by atoms with van der Waals surface area (Å²) in [5.74, 6) is 3.35. The molecule has 1 unspecified atom stereocenters. The van der Waals surface area contributed by atoms with Gasteiger partial charge in [0.15, 0.2) is 0 Å². The quantitative estimate of drug-likeness (QED) is 0.232. The van der Waals surface area contributed by atoms with Crippen molar-refractivity contribution in [3.63, 3.8) is 0 Å². The molecule has 1 saturated heterocycles. The Morgan fingerprint density at radius 1 is 0.919 bits per heavy atom. The molecule has 0 N–H and O–H groups in total. The van der Waals surface area contributed by atoms with Gasteiger partial charge in [-0.3, -0.25) is 0 Å². The van der Waals surface area contributed by atoms with Gasteiger partial charge in [-0.15, -0.1) is 0 Å². The van der Waals surface area contributed by atoms with Gasteiger partial charge in [0.2, 0.25) is 0 Å². The van der Waals surface area contributed by atoms with Gasteiger partial charge in [0.1, 0.15) is 23.2 Å². The number of thiol groups is 1. The molecule has 0 aliphatic carbocycles. The van der Waals surface area contributed by atoms with Gasteiger partial charge in [-0.1, -0.05) is 81.4 Å². The SMILES string of the molecule is COc1ccc(C(=O)O[C@@H]2CC[SH](CO[Si](c3ccccc3)(c3ccccc3)C(C)(C)C)C2)c(OC)c1. The molecule has 1 aliphatic heterocycles. The molecule has 7 heteroatoms. The Labute approximate surface area is 224 Å². The van der Waals surface area contributed by atoms with Crippen molar-refractivity contribution < 1.29 is 23.4 Å². The Bertz CT molecular complexity index is 1140. The molecule has 1 fully saturated rings. The zero-order valence-corrected chi connectivity index (χ0v) is 24.3. The molecule has 198 valence electrons. The van der Waals surface area contributed by atoms with Gasteiger partial charge in [0.25, 0.3) is 8.32 Å². The summed E-state index contributed by atoms with van der Waals surface area (Å²) in [4.78, 5) is 12.9. The monoisotopic (exact) mass is 538 g/mol. The maximum atomic E-state index is 12.9. The average Bonchev–Trinajstić information content (AvgIpc) is 3.36. The summed E-state index contributed by atoms with van der Waals surface area (Å²) >= 11 is 0. The van der Waals surface area contributed by atoms with E-state index in [4.69, 9.17) is 18.6 Å². The zero-order valence-electron chi connectivity index (χ0n) is 22.4. The third-order valence-corrected chi connectivity index (χ3v) is 14.5. The highest BCUT2D eigenvalue weighted by atomic mass is 32.2. The molecular formula is C30H38O5SSi. The second kappa shape index (κ2) is 11.8. The molecule has 3 aromatic carbocycles. The van der Waals surface area contributed by atoms with Crippen LogP contribution in [0.15, 0.2) is 78.9 Å². The van der Waals surface area contributed by atoms with Crippen molar-refractivity contribution in [2.24, 2.45) is 0 Å². The van der Waals surface area contributed by atoms with Crippen LogP contribution in [-0.4, -0.2) is 52.1 Å². The summed E-state index contributed by atoms with van der Waals surface area (Å²) < 4.78 is 23.7. The molecule has 0 amide bonds. The smallest absolute Gasteiger partial charge is 0.342 e. The minimum atomic E-state index is -2.56. The third kappa shape index (κ3) is 5.89. The fourth-order valence-electron chi connectivity index (χ4n) is 5.14. The molecule has 0 saturated carbocycles. The normalized spacial score (nSPS) is 18.8. The first-order valence-electron chi connectivity index (χ1n) is 12.7. The van der Waals surface area contributed by atoms with E-state index in [1.807, 2.05) is 0 Å². The second-order valence-electron chi connectivity index (χ2n) is 10.4. The van der Waals surface area contributed by atoms with Gasteiger partial charge in [0.05, 0.1) is 20.2 Å². The number of carbonyl (C=O) groups is 1. The molecule has 1 heterocycles. The zero-order chi connectivity index (χ0) is 26.5. The molecule has 37 heavy (non-hydrogen) atoms.